The molecule has 25 heavy (non-hydrogen) atoms. The molecule has 1 saturated heterocycles. The van der Waals surface area contributed by atoms with E-state index in [4.69, 9.17) is 8.83 Å². The normalized spacial score (nSPS) is 16.1. The van der Waals surface area contributed by atoms with Gasteiger partial charge >= 0.3 is 6.03 Å². The van der Waals surface area contributed by atoms with Gasteiger partial charge in [0.2, 0.25) is 5.89 Å². The summed E-state index contributed by atoms with van der Waals surface area (Å²) in [6, 6.07) is 1.71. The first-order valence-electron chi connectivity index (χ1n) is 8.78. The van der Waals surface area contributed by atoms with Crippen LogP contribution >= 0.6 is 0 Å². The Morgan fingerprint density at radius 2 is 2.12 bits per heavy atom. The number of piperidine rings is 1. The van der Waals surface area contributed by atoms with E-state index in [0.717, 1.165) is 55.4 Å². The molecule has 0 aromatic carbocycles. The van der Waals surface area contributed by atoms with Gasteiger partial charge in [-0.3, -0.25) is 4.90 Å². The summed E-state index contributed by atoms with van der Waals surface area (Å²) in [7, 11) is 0. The second-order valence-electron chi connectivity index (χ2n) is 6.66. The number of nitrogens with one attached hydrogen (secondary N) is 2. The van der Waals surface area contributed by atoms with E-state index >= 15 is 0 Å². The first-order valence-corrected chi connectivity index (χ1v) is 8.78. The zero-order chi connectivity index (χ0) is 17.6. The van der Waals surface area contributed by atoms with Gasteiger partial charge in [-0.15, -0.1) is 0 Å². The van der Waals surface area contributed by atoms with Crippen molar-refractivity contribution in [2.75, 3.05) is 19.6 Å². The summed E-state index contributed by atoms with van der Waals surface area (Å²) in [4.78, 5) is 18.6. The molecule has 7 heteroatoms. The Hall–Kier alpha value is -2.28. The third kappa shape index (κ3) is 5.09. The fraction of sp³-hybridized carbons (Fsp3) is 0.556. The highest BCUT2D eigenvalue weighted by atomic mass is 16.4. The molecule has 0 aliphatic carbocycles. The molecule has 1 aliphatic heterocycles. The van der Waals surface area contributed by atoms with Gasteiger partial charge in [0, 0.05) is 18.7 Å². The molecule has 3 heterocycles. The Morgan fingerprint density at radius 1 is 1.32 bits per heavy atom. The van der Waals surface area contributed by atoms with Gasteiger partial charge < -0.3 is 19.5 Å². The number of carbonyl (C=O) groups excluding carboxylic acids is 1. The lowest BCUT2D eigenvalue weighted by molar-refractivity contribution is 0.162. The minimum atomic E-state index is -0.130. The average Bonchev–Trinajstić information content (AvgIpc) is 3.22. The van der Waals surface area contributed by atoms with E-state index in [-0.39, 0.29) is 6.03 Å². The fourth-order valence-electron chi connectivity index (χ4n) is 3.02. The second kappa shape index (κ2) is 8.20. The van der Waals surface area contributed by atoms with E-state index in [1.54, 1.807) is 12.5 Å². The average molecular weight is 346 g/mol. The number of carbonyl (C=O) groups is 1. The minimum Gasteiger partial charge on any atom is -0.472 e. The summed E-state index contributed by atoms with van der Waals surface area (Å²) >= 11 is 0. The predicted octanol–water partition coefficient (Wildman–Crippen LogP) is 2.60. The Balaban J connectivity index is 1.32. The van der Waals surface area contributed by atoms with Crippen LogP contribution < -0.4 is 10.6 Å². The van der Waals surface area contributed by atoms with Gasteiger partial charge in [0.05, 0.1) is 24.8 Å². The van der Waals surface area contributed by atoms with E-state index in [9.17, 15) is 4.79 Å². The van der Waals surface area contributed by atoms with Crippen LogP contribution in [0.25, 0.3) is 0 Å². The van der Waals surface area contributed by atoms with Crippen LogP contribution in [-0.2, 0) is 13.1 Å². The van der Waals surface area contributed by atoms with E-state index in [0.29, 0.717) is 19.0 Å². The Labute approximate surface area is 147 Å². The molecule has 1 fully saturated rings. The van der Waals surface area contributed by atoms with Crippen molar-refractivity contribution < 1.29 is 13.6 Å². The number of amides is 2. The molecule has 2 N–H and O–H groups in total. The molecule has 0 unspecified atom stereocenters. The quantitative estimate of drug-likeness (QED) is 0.840. The summed E-state index contributed by atoms with van der Waals surface area (Å²) in [6.07, 6.45) is 5.37. The predicted molar refractivity (Wildman–Crippen MR) is 92.9 cm³/mol. The molecule has 136 valence electrons. The number of furan rings is 1. The number of urea groups is 1. The number of hydrogen-bond donors (Lipinski definition) is 2. The lowest BCUT2D eigenvalue weighted by Gasteiger charge is -2.31. The van der Waals surface area contributed by atoms with Crippen LogP contribution in [0.3, 0.4) is 0 Å². The maximum atomic E-state index is 11.8. The zero-order valence-corrected chi connectivity index (χ0v) is 14.9. The van der Waals surface area contributed by atoms with Crippen molar-refractivity contribution in [2.24, 2.45) is 5.92 Å². The van der Waals surface area contributed by atoms with Crippen LogP contribution in [0, 0.1) is 19.8 Å². The molecule has 2 amide bonds. The summed E-state index contributed by atoms with van der Waals surface area (Å²) in [5, 5.41) is 5.79. The number of aryl methyl sites for hydroxylation is 2. The molecule has 7 nitrogen and oxygen atoms in total. The largest absolute Gasteiger partial charge is 0.472 e. The first kappa shape index (κ1) is 17.5. The summed E-state index contributed by atoms with van der Waals surface area (Å²) in [5.41, 5.74) is 1.93. The zero-order valence-electron chi connectivity index (χ0n) is 14.9. The van der Waals surface area contributed by atoms with Crippen molar-refractivity contribution in [3.05, 3.63) is 41.5 Å². The fourth-order valence-corrected chi connectivity index (χ4v) is 3.02. The van der Waals surface area contributed by atoms with Crippen LogP contribution in [0.2, 0.25) is 0 Å². The number of nitrogens with zero attached hydrogens (tertiary/aromatic N) is 2. The third-order valence-electron chi connectivity index (χ3n) is 4.72. The van der Waals surface area contributed by atoms with E-state index in [1.807, 2.05) is 19.9 Å². The van der Waals surface area contributed by atoms with Crippen molar-refractivity contribution >= 4 is 6.03 Å². The van der Waals surface area contributed by atoms with Crippen molar-refractivity contribution in [3.8, 4) is 0 Å². The van der Waals surface area contributed by atoms with Gasteiger partial charge in [-0.05, 0) is 51.8 Å². The summed E-state index contributed by atoms with van der Waals surface area (Å²) < 4.78 is 10.6. The van der Waals surface area contributed by atoms with Crippen molar-refractivity contribution in [2.45, 2.75) is 39.8 Å². The van der Waals surface area contributed by atoms with Crippen molar-refractivity contribution in [1.82, 2.24) is 20.5 Å². The molecule has 0 radical (unpaired) electrons. The third-order valence-corrected chi connectivity index (χ3v) is 4.72. The Kier molecular flexibility index (Phi) is 5.75. The molecular weight excluding hydrogens is 320 g/mol. The monoisotopic (exact) mass is 346 g/mol. The van der Waals surface area contributed by atoms with Crippen LogP contribution in [0.5, 0.6) is 0 Å². The van der Waals surface area contributed by atoms with Crippen LogP contribution in [0.15, 0.2) is 27.4 Å². The SMILES string of the molecule is Cc1nc(CN2CCC(CNC(=O)NCc3ccoc3)CC2)oc1C. The van der Waals surface area contributed by atoms with Crippen LogP contribution in [0.1, 0.15) is 35.7 Å². The molecule has 0 spiro atoms. The number of aromatic nitrogens is 1. The summed E-state index contributed by atoms with van der Waals surface area (Å²) in [5.74, 6) is 2.21. The maximum Gasteiger partial charge on any atom is 0.315 e. The number of likely N-dealkylation sites (tertiary alicyclic amines) is 1. The van der Waals surface area contributed by atoms with Gasteiger partial charge in [-0.1, -0.05) is 0 Å². The standard InChI is InChI=1S/C18H26N4O3/c1-13-14(2)25-17(21-13)11-22-6-3-15(4-7-22)9-19-18(23)20-10-16-5-8-24-12-16/h5,8,12,15H,3-4,6-7,9-11H2,1-2H3,(H2,19,20,23). The molecular formula is C18H26N4O3. The lowest BCUT2D eigenvalue weighted by Crippen LogP contribution is -2.41. The molecule has 3 rings (SSSR count). The molecule has 1 aliphatic rings. The van der Waals surface area contributed by atoms with Gasteiger partial charge in [0.1, 0.15) is 5.76 Å². The van der Waals surface area contributed by atoms with Crippen LogP contribution in [-0.4, -0.2) is 35.5 Å². The van der Waals surface area contributed by atoms with Gasteiger partial charge in [-0.2, -0.15) is 0 Å². The van der Waals surface area contributed by atoms with E-state index < -0.39 is 0 Å². The maximum absolute atomic E-state index is 11.8. The smallest absolute Gasteiger partial charge is 0.315 e. The number of rotatable bonds is 6. The molecule has 0 saturated carbocycles. The molecule has 0 bridgehead atoms. The molecule has 0 atom stereocenters. The second-order valence-corrected chi connectivity index (χ2v) is 6.66. The van der Waals surface area contributed by atoms with Crippen molar-refractivity contribution in [3.63, 3.8) is 0 Å². The van der Waals surface area contributed by atoms with Gasteiger partial charge in [-0.25, -0.2) is 9.78 Å². The summed E-state index contributed by atoms with van der Waals surface area (Å²) in [6.45, 7) is 7.88. The molecule has 2 aromatic rings. The topological polar surface area (TPSA) is 83.5 Å². The Morgan fingerprint density at radius 3 is 2.76 bits per heavy atom. The first-order chi connectivity index (χ1) is 12.1. The highest BCUT2D eigenvalue weighted by Gasteiger charge is 2.21. The van der Waals surface area contributed by atoms with Crippen LogP contribution in [0.4, 0.5) is 4.79 Å². The van der Waals surface area contributed by atoms with Gasteiger partial charge in [0.15, 0.2) is 0 Å². The highest BCUT2D eigenvalue weighted by Crippen LogP contribution is 2.19. The number of hydrogen-bond acceptors (Lipinski definition) is 5. The van der Waals surface area contributed by atoms with E-state index in [1.165, 1.54) is 0 Å². The van der Waals surface area contributed by atoms with Crippen molar-refractivity contribution in [1.29, 1.82) is 0 Å². The highest BCUT2D eigenvalue weighted by molar-refractivity contribution is 5.73. The minimum absolute atomic E-state index is 0.130. The van der Waals surface area contributed by atoms with Gasteiger partial charge in [0.25, 0.3) is 0 Å². The molecule has 2 aromatic heterocycles. The number of oxazole rings is 1. The Bertz CT molecular complexity index is 653. The van der Waals surface area contributed by atoms with E-state index in [2.05, 4.69) is 20.5 Å². The lowest BCUT2D eigenvalue weighted by atomic mass is 9.97.